The summed E-state index contributed by atoms with van der Waals surface area (Å²) < 4.78 is 1.90. The van der Waals surface area contributed by atoms with Crippen LogP contribution in [0.5, 0.6) is 0 Å². The number of aromatic nitrogens is 1. The van der Waals surface area contributed by atoms with Gasteiger partial charge in [-0.1, -0.05) is 18.2 Å². The zero-order valence-electron chi connectivity index (χ0n) is 8.11. The molecule has 1 heterocycles. The van der Waals surface area contributed by atoms with Gasteiger partial charge in [0.25, 0.3) is 0 Å². The molecule has 1 N–H and O–H groups in total. The van der Waals surface area contributed by atoms with Crippen LogP contribution in [-0.4, -0.2) is 15.6 Å². The highest BCUT2D eigenvalue weighted by Crippen LogP contribution is 2.24. The summed E-state index contributed by atoms with van der Waals surface area (Å²) in [5, 5.41) is 9.87. The van der Waals surface area contributed by atoms with Crippen molar-refractivity contribution < 1.29 is 9.90 Å². The van der Waals surface area contributed by atoms with Crippen molar-refractivity contribution in [2.75, 3.05) is 0 Å². The van der Waals surface area contributed by atoms with E-state index in [-0.39, 0.29) is 0 Å². The second kappa shape index (κ2) is 2.87. The van der Waals surface area contributed by atoms with Crippen LogP contribution < -0.4 is 0 Å². The van der Waals surface area contributed by atoms with Crippen LogP contribution in [0.4, 0.5) is 0 Å². The summed E-state index contributed by atoms with van der Waals surface area (Å²) in [5.41, 5.74) is 2.16. The molecule has 0 saturated carbocycles. The van der Waals surface area contributed by atoms with Crippen molar-refractivity contribution in [3.8, 4) is 0 Å². The van der Waals surface area contributed by atoms with E-state index in [9.17, 15) is 4.79 Å². The van der Waals surface area contributed by atoms with Crippen LogP contribution in [0.15, 0.2) is 24.3 Å². The third-order valence-corrected chi connectivity index (χ3v) is 2.61. The molecule has 0 radical (unpaired) electrons. The molecule has 2 rings (SSSR count). The first-order valence-electron chi connectivity index (χ1n) is 4.40. The maximum atomic E-state index is 11.0. The lowest BCUT2D eigenvalue weighted by molar-refractivity contribution is 0.0698. The molecule has 2 aromatic rings. The van der Waals surface area contributed by atoms with Crippen molar-refractivity contribution in [2.24, 2.45) is 7.05 Å². The normalized spacial score (nSPS) is 10.7. The maximum Gasteiger partial charge on any atom is 0.338 e. The quantitative estimate of drug-likeness (QED) is 0.747. The van der Waals surface area contributed by atoms with Crippen molar-refractivity contribution in [3.05, 3.63) is 35.5 Å². The van der Waals surface area contributed by atoms with Crippen LogP contribution in [0.1, 0.15) is 16.1 Å². The van der Waals surface area contributed by atoms with E-state index in [1.807, 2.05) is 42.8 Å². The zero-order chi connectivity index (χ0) is 10.3. The Morgan fingerprint density at radius 2 is 2.00 bits per heavy atom. The van der Waals surface area contributed by atoms with Crippen LogP contribution in [0.25, 0.3) is 10.9 Å². The van der Waals surface area contributed by atoms with Crippen molar-refractivity contribution in [1.82, 2.24) is 4.57 Å². The monoisotopic (exact) mass is 189 g/mol. The largest absolute Gasteiger partial charge is 0.478 e. The van der Waals surface area contributed by atoms with Gasteiger partial charge in [-0.05, 0) is 13.0 Å². The highest BCUT2D eigenvalue weighted by Gasteiger charge is 2.16. The Hall–Kier alpha value is -1.77. The number of hydrogen-bond donors (Lipinski definition) is 1. The first-order chi connectivity index (χ1) is 6.63. The third-order valence-electron chi connectivity index (χ3n) is 2.61. The van der Waals surface area contributed by atoms with Gasteiger partial charge in [-0.15, -0.1) is 0 Å². The summed E-state index contributed by atoms with van der Waals surface area (Å²) >= 11 is 0. The summed E-state index contributed by atoms with van der Waals surface area (Å²) in [6.45, 7) is 1.82. The smallest absolute Gasteiger partial charge is 0.338 e. The van der Waals surface area contributed by atoms with Crippen LogP contribution in [0.2, 0.25) is 0 Å². The van der Waals surface area contributed by atoms with Crippen molar-refractivity contribution in [2.45, 2.75) is 6.92 Å². The molecule has 0 aliphatic rings. The SMILES string of the molecule is Cc1c(C(=O)O)c2ccccc2n1C. The van der Waals surface area contributed by atoms with Gasteiger partial charge in [-0.25, -0.2) is 4.79 Å². The molecule has 0 unspecified atom stereocenters. The van der Waals surface area contributed by atoms with Gasteiger partial charge in [0.05, 0.1) is 5.56 Å². The van der Waals surface area contributed by atoms with Gasteiger partial charge in [-0.2, -0.15) is 0 Å². The molecule has 1 aromatic heterocycles. The molecule has 0 saturated heterocycles. The number of aromatic carboxylic acids is 1. The van der Waals surface area contributed by atoms with E-state index in [0.29, 0.717) is 5.56 Å². The predicted molar refractivity (Wildman–Crippen MR) is 54.6 cm³/mol. The van der Waals surface area contributed by atoms with Gasteiger partial charge in [0.2, 0.25) is 0 Å². The molecule has 3 heteroatoms. The molecule has 0 aliphatic heterocycles. The minimum Gasteiger partial charge on any atom is -0.478 e. The van der Waals surface area contributed by atoms with Crippen LogP contribution in [-0.2, 0) is 7.05 Å². The van der Waals surface area contributed by atoms with Gasteiger partial charge < -0.3 is 9.67 Å². The fourth-order valence-electron chi connectivity index (χ4n) is 1.79. The molecule has 0 fully saturated rings. The molecule has 1 aromatic carbocycles. The molecule has 3 nitrogen and oxygen atoms in total. The van der Waals surface area contributed by atoms with E-state index in [1.165, 1.54) is 0 Å². The Bertz CT molecular complexity index is 511. The average molecular weight is 189 g/mol. The van der Waals surface area contributed by atoms with Crippen LogP contribution in [0.3, 0.4) is 0 Å². The Morgan fingerprint density at radius 3 is 2.64 bits per heavy atom. The summed E-state index contributed by atoms with van der Waals surface area (Å²) in [5.74, 6) is -0.862. The standard InChI is InChI=1S/C11H11NO2/c1-7-10(11(13)14)8-5-3-4-6-9(8)12(7)2/h3-6H,1-2H3,(H,13,14). The number of carboxylic acids is 1. The van der Waals surface area contributed by atoms with Crippen LogP contribution in [0, 0.1) is 6.92 Å². The van der Waals surface area contributed by atoms with Crippen LogP contribution >= 0.6 is 0 Å². The minimum atomic E-state index is -0.862. The molecule has 14 heavy (non-hydrogen) atoms. The first kappa shape index (κ1) is 8.81. The van der Waals surface area contributed by atoms with Crippen molar-refractivity contribution in [3.63, 3.8) is 0 Å². The Labute approximate surface area is 81.6 Å². The van der Waals surface area contributed by atoms with E-state index in [0.717, 1.165) is 16.6 Å². The summed E-state index contributed by atoms with van der Waals surface area (Å²) in [6, 6.07) is 7.53. The van der Waals surface area contributed by atoms with E-state index < -0.39 is 5.97 Å². The molecule has 0 aliphatic carbocycles. The lowest BCUT2D eigenvalue weighted by Gasteiger charge is -1.97. The number of hydrogen-bond acceptors (Lipinski definition) is 1. The second-order valence-electron chi connectivity index (χ2n) is 3.34. The lowest BCUT2D eigenvalue weighted by Crippen LogP contribution is -1.99. The summed E-state index contributed by atoms with van der Waals surface area (Å²) in [7, 11) is 1.88. The number of aryl methyl sites for hydroxylation is 1. The van der Waals surface area contributed by atoms with Gasteiger partial charge in [0, 0.05) is 23.6 Å². The van der Waals surface area contributed by atoms with Gasteiger partial charge in [-0.3, -0.25) is 0 Å². The van der Waals surface area contributed by atoms with Gasteiger partial charge in [0.15, 0.2) is 0 Å². The van der Waals surface area contributed by atoms with Gasteiger partial charge in [0.1, 0.15) is 0 Å². The summed E-state index contributed by atoms with van der Waals surface area (Å²) in [6.07, 6.45) is 0. The molecule has 0 amide bonds. The highest BCUT2D eigenvalue weighted by atomic mass is 16.4. The predicted octanol–water partition coefficient (Wildman–Crippen LogP) is 2.18. The maximum absolute atomic E-state index is 11.0. The number of nitrogens with zero attached hydrogens (tertiary/aromatic N) is 1. The summed E-state index contributed by atoms with van der Waals surface area (Å²) in [4.78, 5) is 11.0. The average Bonchev–Trinajstić information content (AvgIpc) is 2.41. The highest BCUT2D eigenvalue weighted by molar-refractivity contribution is 6.04. The molecular weight excluding hydrogens is 178 g/mol. The van der Waals surface area contributed by atoms with E-state index in [2.05, 4.69) is 0 Å². The Balaban J connectivity index is 2.95. The zero-order valence-corrected chi connectivity index (χ0v) is 8.11. The first-order valence-corrected chi connectivity index (χ1v) is 4.40. The molecule has 0 spiro atoms. The van der Waals surface area contributed by atoms with Crippen molar-refractivity contribution >= 4 is 16.9 Å². The topological polar surface area (TPSA) is 42.2 Å². The fourth-order valence-corrected chi connectivity index (χ4v) is 1.79. The minimum absolute atomic E-state index is 0.406. The molecule has 0 bridgehead atoms. The molecule has 72 valence electrons. The number of fused-ring (bicyclic) bond motifs is 1. The Morgan fingerprint density at radius 1 is 1.36 bits per heavy atom. The molecular formula is C11H11NO2. The van der Waals surface area contributed by atoms with E-state index >= 15 is 0 Å². The Kier molecular flexibility index (Phi) is 1.81. The number of carbonyl (C=O) groups is 1. The number of carboxylic acid groups (broad SMARTS) is 1. The van der Waals surface area contributed by atoms with E-state index in [1.54, 1.807) is 0 Å². The fraction of sp³-hybridized carbons (Fsp3) is 0.182. The number of rotatable bonds is 1. The number of benzene rings is 1. The van der Waals surface area contributed by atoms with E-state index in [4.69, 9.17) is 5.11 Å². The van der Waals surface area contributed by atoms with Crippen molar-refractivity contribution in [1.29, 1.82) is 0 Å². The lowest BCUT2D eigenvalue weighted by atomic mass is 10.1. The second-order valence-corrected chi connectivity index (χ2v) is 3.34. The third kappa shape index (κ3) is 1.02. The number of para-hydroxylation sites is 1. The van der Waals surface area contributed by atoms with Gasteiger partial charge >= 0.3 is 5.97 Å². The molecule has 0 atom stereocenters.